The predicted molar refractivity (Wildman–Crippen MR) is 70.1 cm³/mol. The van der Waals surface area contributed by atoms with Crippen molar-refractivity contribution in [1.29, 1.82) is 0 Å². The molecule has 19 heavy (non-hydrogen) atoms. The maximum atomic E-state index is 12.3. The van der Waals surface area contributed by atoms with E-state index in [0.29, 0.717) is 24.6 Å². The van der Waals surface area contributed by atoms with Crippen LogP contribution < -0.4 is 5.56 Å². The van der Waals surface area contributed by atoms with Crippen LogP contribution in [0.5, 0.6) is 0 Å². The second-order valence-electron chi connectivity index (χ2n) is 5.88. The molecule has 102 valence electrons. The number of H-pyrrole nitrogens is 1. The van der Waals surface area contributed by atoms with E-state index in [-0.39, 0.29) is 17.0 Å². The van der Waals surface area contributed by atoms with Gasteiger partial charge in [0, 0.05) is 5.69 Å². The molecule has 5 nitrogen and oxygen atoms in total. The molecule has 1 aromatic rings. The molecule has 1 saturated carbocycles. The number of aromatic nitrogens is 1. The lowest BCUT2D eigenvalue weighted by Crippen LogP contribution is -2.65. The molecule has 0 spiro atoms. The summed E-state index contributed by atoms with van der Waals surface area (Å²) in [5.74, 6) is 0.0676. The Hall–Kier alpha value is -1.62. The van der Waals surface area contributed by atoms with Crippen molar-refractivity contribution in [2.75, 3.05) is 13.1 Å². The number of rotatable bonds is 2. The van der Waals surface area contributed by atoms with Gasteiger partial charge in [0.05, 0.1) is 13.1 Å². The fourth-order valence-corrected chi connectivity index (χ4v) is 2.91. The minimum absolute atomic E-state index is 0.198. The minimum atomic E-state index is -0.707. The number of nitrogens with zero attached hydrogens (tertiary/aromatic N) is 1. The Balaban J connectivity index is 1.81. The van der Waals surface area contributed by atoms with Crippen LogP contribution in [0.15, 0.2) is 10.9 Å². The number of pyridine rings is 1. The molecule has 5 heteroatoms. The fraction of sp³-hybridized carbons (Fsp3) is 0.571. The summed E-state index contributed by atoms with van der Waals surface area (Å²) in [4.78, 5) is 28.4. The van der Waals surface area contributed by atoms with Crippen molar-refractivity contribution < 1.29 is 9.90 Å². The molecular weight excluding hydrogens is 244 g/mol. The third kappa shape index (κ3) is 1.98. The highest BCUT2D eigenvalue weighted by atomic mass is 16.3. The van der Waals surface area contributed by atoms with Gasteiger partial charge in [-0.05, 0) is 44.2 Å². The normalized spacial score (nSPS) is 21.1. The number of β-amino-alcohol motifs (C(OH)–C–C–N with tert-alkyl or cyclic N) is 1. The van der Waals surface area contributed by atoms with E-state index in [4.69, 9.17) is 0 Å². The SMILES string of the molecule is Cc1cc(C)c(C(=O)N2CC(O)(C3CC3)C2)c(=O)[nH]1. The van der Waals surface area contributed by atoms with Crippen molar-refractivity contribution in [2.45, 2.75) is 32.3 Å². The third-order valence-corrected chi connectivity index (χ3v) is 4.13. The zero-order valence-electron chi connectivity index (χ0n) is 11.2. The van der Waals surface area contributed by atoms with E-state index in [1.165, 1.54) is 0 Å². The van der Waals surface area contributed by atoms with Gasteiger partial charge in [0.1, 0.15) is 11.2 Å². The number of amides is 1. The Bertz CT molecular complexity index is 595. The van der Waals surface area contributed by atoms with Gasteiger partial charge in [0.2, 0.25) is 0 Å². The summed E-state index contributed by atoms with van der Waals surface area (Å²) in [6, 6.07) is 1.79. The summed E-state index contributed by atoms with van der Waals surface area (Å²) in [7, 11) is 0. The number of aryl methyl sites for hydroxylation is 2. The zero-order valence-corrected chi connectivity index (χ0v) is 11.2. The van der Waals surface area contributed by atoms with Crippen molar-refractivity contribution in [3.8, 4) is 0 Å². The molecular formula is C14H18N2O3. The number of likely N-dealkylation sites (tertiary alicyclic amines) is 1. The Morgan fingerprint density at radius 3 is 2.58 bits per heavy atom. The second kappa shape index (κ2) is 3.93. The van der Waals surface area contributed by atoms with Crippen LogP contribution in [0, 0.1) is 19.8 Å². The average molecular weight is 262 g/mol. The van der Waals surface area contributed by atoms with E-state index in [2.05, 4.69) is 4.98 Å². The van der Waals surface area contributed by atoms with E-state index in [1.807, 2.05) is 0 Å². The van der Waals surface area contributed by atoms with Crippen molar-refractivity contribution in [3.05, 3.63) is 33.2 Å². The lowest BCUT2D eigenvalue weighted by molar-refractivity contribution is -0.0958. The molecule has 3 rings (SSSR count). The Morgan fingerprint density at radius 1 is 1.42 bits per heavy atom. The highest BCUT2D eigenvalue weighted by Crippen LogP contribution is 2.44. The number of carbonyl (C=O) groups is 1. The lowest BCUT2D eigenvalue weighted by Gasteiger charge is -2.47. The van der Waals surface area contributed by atoms with E-state index in [9.17, 15) is 14.7 Å². The predicted octanol–water partition coefficient (Wildman–Crippen LogP) is 0.589. The van der Waals surface area contributed by atoms with Gasteiger partial charge >= 0.3 is 0 Å². The number of hydrogen-bond donors (Lipinski definition) is 2. The van der Waals surface area contributed by atoms with Crippen molar-refractivity contribution >= 4 is 5.91 Å². The van der Waals surface area contributed by atoms with Crippen LogP contribution in [0.4, 0.5) is 0 Å². The average Bonchev–Trinajstić information content (AvgIpc) is 3.06. The van der Waals surface area contributed by atoms with Crippen LogP contribution >= 0.6 is 0 Å². The number of hydrogen-bond acceptors (Lipinski definition) is 3. The van der Waals surface area contributed by atoms with Gasteiger partial charge in [-0.1, -0.05) is 0 Å². The molecule has 1 aromatic heterocycles. The molecule has 1 amide bonds. The van der Waals surface area contributed by atoms with Crippen molar-refractivity contribution in [3.63, 3.8) is 0 Å². The lowest BCUT2D eigenvalue weighted by atomic mass is 9.88. The summed E-state index contributed by atoms with van der Waals surface area (Å²) >= 11 is 0. The maximum Gasteiger partial charge on any atom is 0.261 e. The second-order valence-corrected chi connectivity index (χ2v) is 5.88. The van der Waals surface area contributed by atoms with Crippen LogP contribution in [-0.4, -0.2) is 39.6 Å². The molecule has 1 aliphatic carbocycles. The molecule has 0 unspecified atom stereocenters. The monoisotopic (exact) mass is 262 g/mol. The van der Waals surface area contributed by atoms with Gasteiger partial charge in [-0.3, -0.25) is 9.59 Å². The van der Waals surface area contributed by atoms with E-state index in [0.717, 1.165) is 18.5 Å². The number of aliphatic hydroxyl groups is 1. The molecule has 0 bridgehead atoms. The standard InChI is InChI=1S/C14H18N2O3/c1-8-5-9(2)15-12(17)11(8)13(18)16-6-14(19,7-16)10-3-4-10/h5,10,19H,3-4,6-7H2,1-2H3,(H,15,17). The van der Waals surface area contributed by atoms with Crippen LogP contribution in [0.25, 0.3) is 0 Å². The molecule has 2 fully saturated rings. The maximum absolute atomic E-state index is 12.3. The first-order valence-corrected chi connectivity index (χ1v) is 6.63. The molecule has 2 heterocycles. The Labute approximate surface area is 111 Å². The number of carbonyl (C=O) groups excluding carboxylic acids is 1. The summed E-state index contributed by atoms with van der Waals surface area (Å²) < 4.78 is 0. The zero-order chi connectivity index (χ0) is 13.8. The minimum Gasteiger partial charge on any atom is -0.386 e. The highest BCUT2D eigenvalue weighted by Gasteiger charge is 2.53. The van der Waals surface area contributed by atoms with Crippen LogP contribution in [0.2, 0.25) is 0 Å². The fourth-order valence-electron chi connectivity index (χ4n) is 2.91. The summed E-state index contributed by atoms with van der Waals surface area (Å²) in [6.45, 7) is 4.26. The number of nitrogens with one attached hydrogen (secondary N) is 1. The molecule has 0 radical (unpaired) electrons. The van der Waals surface area contributed by atoms with E-state index >= 15 is 0 Å². The smallest absolute Gasteiger partial charge is 0.261 e. The molecule has 1 saturated heterocycles. The first-order chi connectivity index (χ1) is 8.90. The third-order valence-electron chi connectivity index (χ3n) is 4.13. The van der Waals surface area contributed by atoms with Crippen LogP contribution in [0.3, 0.4) is 0 Å². The van der Waals surface area contributed by atoms with Gasteiger partial charge in [0.15, 0.2) is 0 Å². The molecule has 0 aromatic carbocycles. The quantitative estimate of drug-likeness (QED) is 0.819. The van der Waals surface area contributed by atoms with E-state index < -0.39 is 5.60 Å². The molecule has 2 aliphatic rings. The molecule has 2 N–H and O–H groups in total. The summed E-state index contributed by atoms with van der Waals surface area (Å²) in [5.41, 5.74) is 0.583. The van der Waals surface area contributed by atoms with E-state index in [1.54, 1.807) is 24.8 Å². The summed E-state index contributed by atoms with van der Waals surface area (Å²) in [6.07, 6.45) is 2.09. The largest absolute Gasteiger partial charge is 0.386 e. The number of aromatic amines is 1. The highest BCUT2D eigenvalue weighted by molar-refractivity contribution is 5.96. The first-order valence-electron chi connectivity index (χ1n) is 6.63. The van der Waals surface area contributed by atoms with Crippen molar-refractivity contribution in [2.24, 2.45) is 5.92 Å². The Kier molecular flexibility index (Phi) is 2.57. The first kappa shape index (κ1) is 12.4. The van der Waals surface area contributed by atoms with Crippen LogP contribution in [-0.2, 0) is 0 Å². The van der Waals surface area contributed by atoms with Gasteiger partial charge in [-0.2, -0.15) is 0 Å². The molecule has 1 aliphatic heterocycles. The topological polar surface area (TPSA) is 73.4 Å². The van der Waals surface area contributed by atoms with Crippen LogP contribution in [0.1, 0.15) is 34.5 Å². The summed E-state index contributed by atoms with van der Waals surface area (Å²) in [5, 5.41) is 10.2. The van der Waals surface area contributed by atoms with Gasteiger partial charge in [0.25, 0.3) is 11.5 Å². The Morgan fingerprint density at radius 2 is 2.05 bits per heavy atom. The molecule has 0 atom stereocenters. The van der Waals surface area contributed by atoms with Gasteiger partial charge < -0.3 is 15.0 Å². The van der Waals surface area contributed by atoms with Gasteiger partial charge in [-0.15, -0.1) is 0 Å². The van der Waals surface area contributed by atoms with Crippen molar-refractivity contribution in [1.82, 2.24) is 9.88 Å². The van der Waals surface area contributed by atoms with Gasteiger partial charge in [-0.25, -0.2) is 0 Å².